The molecule has 1 aliphatic carbocycles. The van der Waals surface area contributed by atoms with Gasteiger partial charge in [-0.2, -0.15) is 0 Å². The Bertz CT molecular complexity index is 569. The van der Waals surface area contributed by atoms with Gasteiger partial charge in [0.1, 0.15) is 0 Å². The maximum atomic E-state index is 11.8. The molecule has 0 bridgehead atoms. The van der Waals surface area contributed by atoms with Crippen molar-refractivity contribution in [1.82, 2.24) is 16.0 Å². The number of guanidine groups is 1. The lowest BCUT2D eigenvalue weighted by Crippen LogP contribution is -2.45. The van der Waals surface area contributed by atoms with Gasteiger partial charge in [-0.25, -0.2) is 4.99 Å². The van der Waals surface area contributed by atoms with Crippen molar-refractivity contribution in [3.8, 4) is 0 Å². The summed E-state index contributed by atoms with van der Waals surface area (Å²) >= 11 is 0. The summed E-state index contributed by atoms with van der Waals surface area (Å²) in [6.45, 7) is 5.94. The second-order valence-corrected chi connectivity index (χ2v) is 6.40. The van der Waals surface area contributed by atoms with Crippen molar-refractivity contribution >= 4 is 35.8 Å². The predicted octanol–water partition coefficient (Wildman–Crippen LogP) is 2.41. The Morgan fingerprint density at radius 3 is 2.27 bits per heavy atom. The van der Waals surface area contributed by atoms with E-state index >= 15 is 0 Å². The summed E-state index contributed by atoms with van der Waals surface area (Å²) in [6, 6.07) is 7.90. The second-order valence-electron chi connectivity index (χ2n) is 6.40. The largest absolute Gasteiger partial charge is 0.393 e. The Balaban J connectivity index is 0.00000338. The zero-order valence-corrected chi connectivity index (χ0v) is 18.0. The summed E-state index contributed by atoms with van der Waals surface area (Å²) in [5, 5.41) is 19.1. The maximum absolute atomic E-state index is 11.8. The minimum Gasteiger partial charge on any atom is -0.393 e. The Hall–Kier alpha value is -1.35. The van der Waals surface area contributed by atoms with Crippen molar-refractivity contribution in [1.29, 1.82) is 0 Å². The molecule has 6 nitrogen and oxygen atoms in total. The monoisotopic (exact) mass is 474 g/mol. The number of nitrogens with one attached hydrogen (secondary N) is 3. The van der Waals surface area contributed by atoms with Gasteiger partial charge in [0.15, 0.2) is 5.96 Å². The van der Waals surface area contributed by atoms with Gasteiger partial charge < -0.3 is 21.1 Å². The van der Waals surface area contributed by atoms with E-state index in [9.17, 15) is 9.90 Å². The average Bonchev–Trinajstić information content (AvgIpc) is 2.62. The topological polar surface area (TPSA) is 85.8 Å². The number of benzene rings is 1. The molecule has 4 N–H and O–H groups in total. The SMILES string of the molecule is CCNC(=O)c1ccc(CN=C(NCC)NC2CCC(O)CC2)cc1.I. The summed E-state index contributed by atoms with van der Waals surface area (Å²) in [5.41, 5.74) is 1.73. The minimum atomic E-state index is -0.152. The first-order chi connectivity index (χ1) is 12.1. The van der Waals surface area contributed by atoms with Crippen LogP contribution in [-0.2, 0) is 6.54 Å². The van der Waals surface area contributed by atoms with Crippen LogP contribution in [0.5, 0.6) is 0 Å². The van der Waals surface area contributed by atoms with E-state index in [0.29, 0.717) is 24.7 Å². The van der Waals surface area contributed by atoms with Crippen LogP contribution in [-0.4, -0.2) is 42.2 Å². The summed E-state index contributed by atoms with van der Waals surface area (Å²) in [6.07, 6.45) is 3.47. The van der Waals surface area contributed by atoms with E-state index in [1.165, 1.54) is 0 Å². The zero-order chi connectivity index (χ0) is 18.1. The van der Waals surface area contributed by atoms with Crippen LogP contribution in [0, 0.1) is 0 Å². The Morgan fingerprint density at radius 2 is 1.69 bits per heavy atom. The van der Waals surface area contributed by atoms with Gasteiger partial charge in [-0.15, -0.1) is 24.0 Å². The number of aliphatic imine (C=N–C) groups is 1. The number of carbonyl (C=O) groups is 1. The molecule has 1 amide bonds. The fourth-order valence-corrected chi connectivity index (χ4v) is 2.93. The molecule has 1 aromatic carbocycles. The lowest BCUT2D eigenvalue weighted by Gasteiger charge is -2.27. The fraction of sp³-hybridized carbons (Fsp3) is 0.579. The van der Waals surface area contributed by atoms with E-state index in [0.717, 1.165) is 43.8 Å². The van der Waals surface area contributed by atoms with Crippen molar-refractivity contribution in [2.75, 3.05) is 13.1 Å². The number of amides is 1. The van der Waals surface area contributed by atoms with E-state index in [4.69, 9.17) is 0 Å². The van der Waals surface area contributed by atoms with Gasteiger partial charge >= 0.3 is 0 Å². The third-order valence-corrected chi connectivity index (χ3v) is 4.35. The van der Waals surface area contributed by atoms with Crippen LogP contribution in [0.25, 0.3) is 0 Å². The predicted molar refractivity (Wildman–Crippen MR) is 116 cm³/mol. The van der Waals surface area contributed by atoms with E-state index in [2.05, 4.69) is 20.9 Å². The van der Waals surface area contributed by atoms with E-state index in [1.807, 2.05) is 38.1 Å². The van der Waals surface area contributed by atoms with Crippen LogP contribution in [0.2, 0.25) is 0 Å². The molecule has 1 saturated carbocycles. The van der Waals surface area contributed by atoms with Crippen LogP contribution in [0.3, 0.4) is 0 Å². The number of hydrogen-bond donors (Lipinski definition) is 4. The first-order valence-electron chi connectivity index (χ1n) is 9.22. The number of aliphatic hydroxyl groups excluding tert-OH is 1. The fourth-order valence-electron chi connectivity index (χ4n) is 2.93. The smallest absolute Gasteiger partial charge is 0.251 e. The maximum Gasteiger partial charge on any atom is 0.251 e. The highest BCUT2D eigenvalue weighted by Gasteiger charge is 2.19. The van der Waals surface area contributed by atoms with Crippen molar-refractivity contribution in [3.05, 3.63) is 35.4 Å². The summed E-state index contributed by atoms with van der Waals surface area (Å²) < 4.78 is 0. The van der Waals surface area contributed by atoms with Gasteiger partial charge in [-0.05, 0) is 57.2 Å². The van der Waals surface area contributed by atoms with Crippen LogP contribution >= 0.6 is 24.0 Å². The van der Waals surface area contributed by atoms with Crippen LogP contribution in [0.15, 0.2) is 29.3 Å². The van der Waals surface area contributed by atoms with Crippen LogP contribution in [0.1, 0.15) is 55.5 Å². The second kappa shape index (κ2) is 12.1. The van der Waals surface area contributed by atoms with Gasteiger partial charge in [-0.1, -0.05) is 12.1 Å². The van der Waals surface area contributed by atoms with Gasteiger partial charge in [0.25, 0.3) is 5.91 Å². The number of aliphatic hydroxyl groups is 1. The zero-order valence-electron chi connectivity index (χ0n) is 15.6. The minimum absolute atomic E-state index is 0. The summed E-state index contributed by atoms with van der Waals surface area (Å²) in [4.78, 5) is 16.4. The molecule has 0 radical (unpaired) electrons. The first kappa shape index (κ1) is 22.7. The highest BCUT2D eigenvalue weighted by molar-refractivity contribution is 14.0. The quantitative estimate of drug-likeness (QED) is 0.290. The molecule has 0 unspecified atom stereocenters. The Kier molecular flexibility index (Phi) is 10.6. The molecule has 2 rings (SSSR count). The molecular formula is C19H31IN4O2. The number of carbonyl (C=O) groups excluding carboxylic acids is 1. The van der Waals surface area contributed by atoms with Crippen LogP contribution in [0.4, 0.5) is 0 Å². The molecule has 1 fully saturated rings. The van der Waals surface area contributed by atoms with Gasteiger partial charge in [0.05, 0.1) is 12.6 Å². The number of rotatable bonds is 6. The molecule has 0 spiro atoms. The molecule has 0 saturated heterocycles. The lowest BCUT2D eigenvalue weighted by molar-refractivity contribution is 0.0955. The molecule has 0 aromatic heterocycles. The van der Waals surface area contributed by atoms with Crippen molar-refractivity contribution in [2.24, 2.45) is 4.99 Å². The molecule has 1 aliphatic rings. The molecule has 0 heterocycles. The summed E-state index contributed by atoms with van der Waals surface area (Å²) in [7, 11) is 0. The van der Waals surface area contributed by atoms with E-state index in [1.54, 1.807) is 0 Å². The summed E-state index contributed by atoms with van der Waals surface area (Å²) in [5.74, 6) is 0.753. The standard InChI is InChI=1S/C19H30N4O2.HI/c1-3-20-18(25)15-7-5-14(6-8-15)13-22-19(21-4-2)23-16-9-11-17(24)12-10-16;/h5-8,16-17,24H,3-4,9-13H2,1-2H3,(H,20,25)(H2,21,22,23);1H. The van der Waals surface area contributed by atoms with Gasteiger partial charge in [0, 0.05) is 24.7 Å². The third kappa shape index (κ3) is 7.49. The molecule has 0 aliphatic heterocycles. The van der Waals surface area contributed by atoms with Gasteiger partial charge in [0.2, 0.25) is 0 Å². The van der Waals surface area contributed by atoms with Crippen molar-refractivity contribution in [3.63, 3.8) is 0 Å². The van der Waals surface area contributed by atoms with Gasteiger partial charge in [-0.3, -0.25) is 4.79 Å². The van der Waals surface area contributed by atoms with E-state index < -0.39 is 0 Å². The Morgan fingerprint density at radius 1 is 1.08 bits per heavy atom. The van der Waals surface area contributed by atoms with Crippen molar-refractivity contribution in [2.45, 2.75) is 58.2 Å². The molecule has 0 atom stereocenters. The molecule has 26 heavy (non-hydrogen) atoms. The molecular weight excluding hydrogens is 443 g/mol. The lowest BCUT2D eigenvalue weighted by atomic mass is 9.93. The van der Waals surface area contributed by atoms with Crippen LogP contribution < -0.4 is 16.0 Å². The highest BCUT2D eigenvalue weighted by Crippen LogP contribution is 2.18. The third-order valence-electron chi connectivity index (χ3n) is 4.35. The normalized spacial score (nSPS) is 20.0. The first-order valence-corrected chi connectivity index (χ1v) is 9.22. The molecule has 1 aromatic rings. The Labute approximate surface area is 173 Å². The number of nitrogens with zero attached hydrogens (tertiary/aromatic N) is 1. The highest BCUT2D eigenvalue weighted by atomic mass is 127. The van der Waals surface area contributed by atoms with Crippen molar-refractivity contribution < 1.29 is 9.90 Å². The average molecular weight is 474 g/mol. The number of hydrogen-bond acceptors (Lipinski definition) is 3. The van der Waals surface area contributed by atoms with E-state index in [-0.39, 0.29) is 36.0 Å². The number of halogens is 1. The molecule has 7 heteroatoms. The molecule has 146 valence electrons.